The van der Waals surface area contributed by atoms with E-state index in [-0.39, 0.29) is 17.9 Å². The number of halogens is 1. The number of carbonyl (C=O) groups is 2. The summed E-state index contributed by atoms with van der Waals surface area (Å²) < 4.78 is 6.11. The average Bonchev–Trinajstić information content (AvgIpc) is 2.85. The van der Waals surface area contributed by atoms with Gasteiger partial charge < -0.3 is 19.4 Å². The van der Waals surface area contributed by atoms with Crippen molar-refractivity contribution in [2.45, 2.75) is 26.0 Å². The summed E-state index contributed by atoms with van der Waals surface area (Å²) in [6.45, 7) is 5.13. The molecule has 4 rings (SSSR count). The van der Waals surface area contributed by atoms with E-state index in [2.05, 4.69) is 4.98 Å². The second kappa shape index (κ2) is 9.89. The SMILES string of the molecule is C[C@H](Oc1ccc(Cl)c2nc(N(C)C)ccc12)C(=O)N1CCN(C(=O)c2ccccc2)C[C@H]1C. The van der Waals surface area contributed by atoms with E-state index in [0.29, 0.717) is 41.5 Å². The molecule has 0 spiro atoms. The van der Waals surface area contributed by atoms with Gasteiger partial charge in [-0.2, -0.15) is 0 Å². The first-order valence-corrected chi connectivity index (χ1v) is 11.7. The van der Waals surface area contributed by atoms with Gasteiger partial charge >= 0.3 is 0 Å². The number of nitrogens with zero attached hydrogens (tertiary/aromatic N) is 4. The molecule has 2 amide bonds. The molecule has 0 unspecified atom stereocenters. The van der Waals surface area contributed by atoms with Gasteiger partial charge in [0.05, 0.1) is 10.5 Å². The second-order valence-corrected chi connectivity index (χ2v) is 9.17. The van der Waals surface area contributed by atoms with Crippen LogP contribution in [0.5, 0.6) is 5.75 Å². The summed E-state index contributed by atoms with van der Waals surface area (Å²) in [5.74, 6) is 1.22. The number of benzene rings is 2. The number of carbonyl (C=O) groups excluding carboxylic acids is 2. The molecule has 34 heavy (non-hydrogen) atoms. The molecular weight excluding hydrogens is 452 g/mol. The highest BCUT2D eigenvalue weighted by Crippen LogP contribution is 2.32. The van der Waals surface area contributed by atoms with Gasteiger partial charge in [-0.25, -0.2) is 4.98 Å². The number of pyridine rings is 1. The fourth-order valence-corrected chi connectivity index (χ4v) is 4.41. The molecule has 178 valence electrons. The molecule has 1 aromatic heterocycles. The Labute approximate surface area is 204 Å². The van der Waals surface area contributed by atoms with Crippen LogP contribution >= 0.6 is 11.6 Å². The number of ether oxygens (including phenoxy) is 1. The van der Waals surface area contributed by atoms with Crippen LogP contribution in [-0.4, -0.2) is 72.5 Å². The van der Waals surface area contributed by atoms with Gasteiger partial charge in [-0.05, 0) is 50.2 Å². The Bertz CT molecular complexity index is 1200. The quantitative estimate of drug-likeness (QED) is 0.550. The molecule has 0 aliphatic carbocycles. The van der Waals surface area contributed by atoms with Crippen molar-refractivity contribution in [3.8, 4) is 5.75 Å². The number of aromatic nitrogens is 1. The van der Waals surface area contributed by atoms with E-state index in [1.54, 1.807) is 28.9 Å². The minimum absolute atomic E-state index is 0.0129. The van der Waals surface area contributed by atoms with Gasteiger partial charge in [0.15, 0.2) is 6.10 Å². The number of anilines is 1. The van der Waals surface area contributed by atoms with Crippen LogP contribution in [0.4, 0.5) is 5.82 Å². The van der Waals surface area contributed by atoms with E-state index in [1.165, 1.54) is 0 Å². The van der Waals surface area contributed by atoms with Gasteiger partial charge in [0, 0.05) is 50.7 Å². The first-order valence-electron chi connectivity index (χ1n) is 11.3. The van der Waals surface area contributed by atoms with Crippen LogP contribution in [-0.2, 0) is 4.79 Å². The minimum Gasteiger partial charge on any atom is -0.480 e. The predicted molar refractivity (Wildman–Crippen MR) is 135 cm³/mol. The highest BCUT2D eigenvalue weighted by Gasteiger charge is 2.33. The second-order valence-electron chi connectivity index (χ2n) is 8.76. The average molecular weight is 481 g/mol. The van der Waals surface area contributed by atoms with Crippen LogP contribution < -0.4 is 9.64 Å². The van der Waals surface area contributed by atoms with E-state index in [0.717, 1.165) is 11.2 Å². The molecule has 1 saturated heterocycles. The number of fused-ring (bicyclic) bond motifs is 1. The zero-order valence-electron chi connectivity index (χ0n) is 19.9. The Morgan fingerprint density at radius 1 is 1.09 bits per heavy atom. The summed E-state index contributed by atoms with van der Waals surface area (Å²) >= 11 is 6.39. The van der Waals surface area contributed by atoms with Crippen molar-refractivity contribution in [1.82, 2.24) is 14.8 Å². The standard InChI is InChI=1S/C26H29ClN4O3/c1-17-16-30(26(33)19-8-6-5-7-9-19)14-15-31(17)25(32)18(2)34-22-12-11-21(27)24-20(22)10-13-23(28-24)29(3)4/h5-13,17-18H,14-16H2,1-4H3/t17-,18+/m1/s1. The highest BCUT2D eigenvalue weighted by molar-refractivity contribution is 6.35. The largest absolute Gasteiger partial charge is 0.480 e. The van der Waals surface area contributed by atoms with Crippen molar-refractivity contribution < 1.29 is 14.3 Å². The molecule has 8 heteroatoms. The summed E-state index contributed by atoms with van der Waals surface area (Å²) in [6, 6.07) is 16.4. The molecule has 1 fully saturated rings. The topological polar surface area (TPSA) is 66.0 Å². The maximum absolute atomic E-state index is 13.3. The monoisotopic (exact) mass is 480 g/mol. The molecule has 1 aliphatic heterocycles. The molecule has 0 N–H and O–H groups in total. The molecule has 7 nitrogen and oxygen atoms in total. The van der Waals surface area contributed by atoms with Gasteiger partial charge in [-0.1, -0.05) is 29.8 Å². The Hall–Kier alpha value is -3.32. The van der Waals surface area contributed by atoms with Gasteiger partial charge in [-0.15, -0.1) is 0 Å². The maximum atomic E-state index is 13.3. The molecule has 0 radical (unpaired) electrons. The fraction of sp³-hybridized carbons (Fsp3) is 0.346. The smallest absolute Gasteiger partial charge is 0.263 e. The van der Waals surface area contributed by atoms with Crippen LogP contribution in [0.2, 0.25) is 5.02 Å². The van der Waals surface area contributed by atoms with E-state index >= 15 is 0 Å². The Morgan fingerprint density at radius 2 is 1.82 bits per heavy atom. The van der Waals surface area contributed by atoms with E-state index in [1.807, 2.05) is 68.4 Å². The molecule has 0 bridgehead atoms. The lowest BCUT2D eigenvalue weighted by atomic mass is 10.1. The van der Waals surface area contributed by atoms with E-state index < -0.39 is 6.10 Å². The van der Waals surface area contributed by atoms with Crippen LogP contribution in [0, 0.1) is 0 Å². The Balaban J connectivity index is 1.46. The summed E-state index contributed by atoms with van der Waals surface area (Å²) in [5, 5.41) is 1.28. The number of rotatable bonds is 5. The van der Waals surface area contributed by atoms with Crippen molar-refractivity contribution in [2.75, 3.05) is 38.6 Å². The van der Waals surface area contributed by atoms with Crippen molar-refractivity contribution in [3.63, 3.8) is 0 Å². The number of hydrogen-bond acceptors (Lipinski definition) is 5. The number of piperazine rings is 1. The molecule has 1 aliphatic rings. The van der Waals surface area contributed by atoms with Gasteiger partial charge in [0.1, 0.15) is 11.6 Å². The third kappa shape index (κ3) is 4.80. The van der Waals surface area contributed by atoms with Crippen molar-refractivity contribution in [2.24, 2.45) is 0 Å². The minimum atomic E-state index is -0.697. The van der Waals surface area contributed by atoms with Crippen molar-refractivity contribution >= 4 is 40.1 Å². The zero-order valence-corrected chi connectivity index (χ0v) is 20.6. The van der Waals surface area contributed by atoms with Gasteiger partial charge in [0.2, 0.25) is 0 Å². The molecular formula is C26H29ClN4O3. The van der Waals surface area contributed by atoms with Crippen LogP contribution in [0.3, 0.4) is 0 Å². The maximum Gasteiger partial charge on any atom is 0.263 e. The number of hydrogen-bond donors (Lipinski definition) is 0. The normalized spacial score (nSPS) is 16.9. The summed E-state index contributed by atoms with van der Waals surface area (Å²) in [5.41, 5.74) is 1.29. The molecule has 2 aromatic carbocycles. The molecule has 3 aromatic rings. The Kier molecular flexibility index (Phi) is 6.93. The summed E-state index contributed by atoms with van der Waals surface area (Å²) in [7, 11) is 3.83. The van der Waals surface area contributed by atoms with Crippen LogP contribution in [0.25, 0.3) is 10.9 Å². The van der Waals surface area contributed by atoms with Gasteiger partial charge in [-0.3, -0.25) is 9.59 Å². The predicted octanol–water partition coefficient (Wildman–Crippen LogP) is 4.09. The lowest BCUT2D eigenvalue weighted by Crippen LogP contribution is -2.57. The molecule has 2 atom stereocenters. The van der Waals surface area contributed by atoms with Crippen LogP contribution in [0.1, 0.15) is 24.2 Å². The molecule has 2 heterocycles. The summed E-state index contributed by atoms with van der Waals surface area (Å²) in [6.07, 6.45) is -0.697. The third-order valence-corrected chi connectivity index (χ3v) is 6.39. The lowest BCUT2D eigenvalue weighted by molar-refractivity contribution is -0.142. The fourth-order valence-electron chi connectivity index (χ4n) is 4.21. The van der Waals surface area contributed by atoms with Crippen LogP contribution in [0.15, 0.2) is 54.6 Å². The number of amides is 2. The van der Waals surface area contributed by atoms with E-state index in [4.69, 9.17) is 16.3 Å². The van der Waals surface area contributed by atoms with Gasteiger partial charge in [0.25, 0.3) is 11.8 Å². The lowest BCUT2D eigenvalue weighted by Gasteiger charge is -2.40. The first-order chi connectivity index (χ1) is 16.3. The summed E-state index contributed by atoms with van der Waals surface area (Å²) in [4.78, 5) is 36.2. The van der Waals surface area contributed by atoms with Crippen molar-refractivity contribution in [3.05, 3.63) is 65.2 Å². The highest BCUT2D eigenvalue weighted by atomic mass is 35.5. The molecule has 0 saturated carbocycles. The van der Waals surface area contributed by atoms with Crippen molar-refractivity contribution in [1.29, 1.82) is 0 Å². The van der Waals surface area contributed by atoms with E-state index in [9.17, 15) is 9.59 Å². The Morgan fingerprint density at radius 3 is 2.50 bits per heavy atom. The third-order valence-electron chi connectivity index (χ3n) is 6.08. The first kappa shape index (κ1) is 23.8. The zero-order chi connectivity index (χ0) is 24.4.